The van der Waals surface area contributed by atoms with Gasteiger partial charge in [-0.2, -0.15) is 0 Å². The number of hydrogen-bond donors (Lipinski definition) is 3. The lowest BCUT2D eigenvalue weighted by Crippen LogP contribution is -1.96. The molecule has 0 fully saturated rings. The monoisotopic (exact) mass is 306 g/mol. The van der Waals surface area contributed by atoms with Crippen molar-refractivity contribution in [3.63, 3.8) is 0 Å². The summed E-state index contributed by atoms with van der Waals surface area (Å²) in [6, 6.07) is 9.45. The number of unbranched alkanes of at least 4 members (excludes halogenated alkanes) is 1. The summed E-state index contributed by atoms with van der Waals surface area (Å²) in [4.78, 5) is 1.17. The fourth-order valence-corrected chi connectivity index (χ4v) is 2.55. The molecule has 112 valence electrons. The lowest BCUT2D eigenvalue weighted by Gasteiger charge is -2.09. The largest absolute Gasteiger partial charge is 0.508 e. The van der Waals surface area contributed by atoms with Gasteiger partial charge in [-0.05, 0) is 30.7 Å². The van der Waals surface area contributed by atoms with Gasteiger partial charge in [-0.15, -0.1) is 0 Å². The molecule has 0 amide bonds. The van der Waals surface area contributed by atoms with Crippen molar-refractivity contribution >= 4 is 11.8 Å². The van der Waals surface area contributed by atoms with E-state index in [-0.39, 0.29) is 17.2 Å². The first-order valence-electron chi connectivity index (χ1n) is 6.76. The normalized spacial score (nSPS) is 10.5. The zero-order valence-electron chi connectivity index (χ0n) is 11.7. The van der Waals surface area contributed by atoms with Crippen LogP contribution in [0.5, 0.6) is 23.0 Å². The molecule has 5 heteroatoms. The minimum atomic E-state index is -0.0253. The Morgan fingerprint density at radius 2 is 1.62 bits per heavy atom. The highest BCUT2D eigenvalue weighted by Crippen LogP contribution is 2.41. The molecule has 3 N–H and O–H groups in total. The molecule has 0 radical (unpaired) electrons. The Labute approximate surface area is 128 Å². The van der Waals surface area contributed by atoms with Crippen LogP contribution in [-0.2, 0) is 0 Å². The molecular formula is C16H18O4S. The second kappa shape index (κ2) is 7.13. The van der Waals surface area contributed by atoms with E-state index in [2.05, 4.69) is 6.92 Å². The van der Waals surface area contributed by atoms with Gasteiger partial charge in [0.05, 0.1) is 16.4 Å². The Morgan fingerprint density at radius 3 is 2.24 bits per heavy atom. The molecule has 21 heavy (non-hydrogen) atoms. The maximum absolute atomic E-state index is 10.0. The van der Waals surface area contributed by atoms with E-state index in [0.717, 1.165) is 12.8 Å². The number of aromatic hydroxyl groups is 3. The van der Waals surface area contributed by atoms with Gasteiger partial charge in [0, 0.05) is 12.1 Å². The van der Waals surface area contributed by atoms with Crippen molar-refractivity contribution in [1.29, 1.82) is 0 Å². The van der Waals surface area contributed by atoms with Crippen molar-refractivity contribution < 1.29 is 20.1 Å². The van der Waals surface area contributed by atoms with Crippen LogP contribution in [0.25, 0.3) is 0 Å². The summed E-state index contributed by atoms with van der Waals surface area (Å²) < 4.78 is 5.52. The summed E-state index contributed by atoms with van der Waals surface area (Å²) in [5.74, 6) is 0.699. The highest BCUT2D eigenvalue weighted by molar-refractivity contribution is 7.99. The molecule has 0 unspecified atom stereocenters. The molecule has 2 aromatic carbocycles. The quantitative estimate of drug-likeness (QED) is 0.700. The molecule has 2 aromatic rings. The van der Waals surface area contributed by atoms with Gasteiger partial charge in [0.15, 0.2) is 0 Å². The first-order valence-corrected chi connectivity index (χ1v) is 7.57. The molecule has 0 aromatic heterocycles. The number of ether oxygens (including phenoxy) is 1. The van der Waals surface area contributed by atoms with E-state index in [0.29, 0.717) is 22.1 Å². The zero-order valence-corrected chi connectivity index (χ0v) is 12.6. The van der Waals surface area contributed by atoms with Gasteiger partial charge < -0.3 is 20.1 Å². The average Bonchev–Trinajstić information content (AvgIpc) is 2.44. The highest BCUT2D eigenvalue weighted by atomic mass is 32.2. The molecule has 0 aliphatic carbocycles. The average molecular weight is 306 g/mol. The second-order valence-corrected chi connectivity index (χ2v) is 5.67. The fourth-order valence-electron chi connectivity index (χ4n) is 1.72. The SMILES string of the molecule is CCCCOc1ccc(Sc2ccc(O)cc2O)c(O)c1. The second-order valence-electron chi connectivity index (χ2n) is 4.59. The Kier molecular flexibility index (Phi) is 5.22. The number of phenols is 3. The number of benzene rings is 2. The van der Waals surface area contributed by atoms with Crippen LogP contribution in [0, 0.1) is 0 Å². The summed E-state index contributed by atoms with van der Waals surface area (Å²) in [7, 11) is 0. The Bertz CT molecular complexity index is 613. The van der Waals surface area contributed by atoms with Gasteiger partial charge in [-0.3, -0.25) is 0 Å². The van der Waals surface area contributed by atoms with E-state index >= 15 is 0 Å². The van der Waals surface area contributed by atoms with Crippen molar-refractivity contribution in [1.82, 2.24) is 0 Å². The minimum absolute atomic E-state index is 0.000689. The summed E-state index contributed by atoms with van der Waals surface area (Å²) in [6.45, 7) is 2.71. The Morgan fingerprint density at radius 1 is 0.952 bits per heavy atom. The van der Waals surface area contributed by atoms with Crippen LogP contribution in [0.4, 0.5) is 0 Å². The van der Waals surface area contributed by atoms with E-state index in [9.17, 15) is 15.3 Å². The summed E-state index contributed by atoms with van der Waals surface area (Å²) in [5.41, 5.74) is 0. The third-order valence-electron chi connectivity index (χ3n) is 2.86. The molecule has 2 rings (SSSR count). The highest BCUT2D eigenvalue weighted by Gasteiger charge is 2.09. The molecule has 0 spiro atoms. The fraction of sp³-hybridized carbons (Fsp3) is 0.250. The summed E-state index contributed by atoms with van der Waals surface area (Å²) in [5, 5.41) is 29.0. The molecule has 0 saturated carbocycles. The maximum atomic E-state index is 10.0. The van der Waals surface area contributed by atoms with Crippen LogP contribution in [0.2, 0.25) is 0 Å². The minimum Gasteiger partial charge on any atom is -0.508 e. The predicted molar refractivity (Wildman–Crippen MR) is 82.4 cm³/mol. The van der Waals surface area contributed by atoms with E-state index < -0.39 is 0 Å². The topological polar surface area (TPSA) is 69.9 Å². The van der Waals surface area contributed by atoms with Crippen LogP contribution in [-0.4, -0.2) is 21.9 Å². The third kappa shape index (κ3) is 4.23. The number of rotatable bonds is 6. The van der Waals surface area contributed by atoms with Crippen molar-refractivity contribution in [3.8, 4) is 23.0 Å². The molecule has 4 nitrogen and oxygen atoms in total. The van der Waals surface area contributed by atoms with Crippen LogP contribution in [0.15, 0.2) is 46.2 Å². The van der Waals surface area contributed by atoms with Gasteiger partial charge in [0.25, 0.3) is 0 Å². The molecule has 0 saturated heterocycles. The first kappa shape index (κ1) is 15.4. The van der Waals surface area contributed by atoms with Gasteiger partial charge in [-0.25, -0.2) is 0 Å². The van der Waals surface area contributed by atoms with Crippen LogP contribution in [0.3, 0.4) is 0 Å². The standard InChI is InChI=1S/C16H18O4S/c1-2-3-8-20-12-5-7-16(14(19)10-12)21-15-6-4-11(17)9-13(15)18/h4-7,9-10,17-19H,2-3,8H2,1H3. The van der Waals surface area contributed by atoms with Crippen molar-refractivity contribution in [2.75, 3.05) is 6.61 Å². The molecular weight excluding hydrogens is 288 g/mol. The summed E-state index contributed by atoms with van der Waals surface area (Å²) >= 11 is 1.22. The molecule has 0 aliphatic rings. The predicted octanol–water partition coefficient (Wildman–Crippen LogP) is 4.13. The third-order valence-corrected chi connectivity index (χ3v) is 3.99. The Balaban J connectivity index is 2.10. The Hall–Kier alpha value is -2.01. The first-order chi connectivity index (χ1) is 10.1. The lowest BCUT2D eigenvalue weighted by molar-refractivity contribution is 0.307. The zero-order chi connectivity index (χ0) is 15.2. The van der Waals surface area contributed by atoms with Crippen molar-refractivity contribution in [2.45, 2.75) is 29.6 Å². The van der Waals surface area contributed by atoms with Crippen LogP contribution in [0.1, 0.15) is 19.8 Å². The van der Waals surface area contributed by atoms with Crippen LogP contribution < -0.4 is 4.74 Å². The van der Waals surface area contributed by atoms with Gasteiger partial charge in [0.1, 0.15) is 23.0 Å². The van der Waals surface area contributed by atoms with Crippen molar-refractivity contribution in [2.24, 2.45) is 0 Å². The molecule has 0 atom stereocenters. The van der Waals surface area contributed by atoms with Gasteiger partial charge >= 0.3 is 0 Å². The lowest BCUT2D eigenvalue weighted by atomic mass is 10.3. The smallest absolute Gasteiger partial charge is 0.133 e. The van der Waals surface area contributed by atoms with E-state index in [1.807, 2.05) is 0 Å². The summed E-state index contributed by atoms with van der Waals surface area (Å²) in [6.07, 6.45) is 2.03. The van der Waals surface area contributed by atoms with Gasteiger partial charge in [0.2, 0.25) is 0 Å². The van der Waals surface area contributed by atoms with Gasteiger partial charge in [-0.1, -0.05) is 25.1 Å². The molecule has 0 aliphatic heterocycles. The molecule has 0 bridgehead atoms. The van der Waals surface area contributed by atoms with E-state index in [4.69, 9.17) is 4.74 Å². The van der Waals surface area contributed by atoms with E-state index in [1.54, 1.807) is 24.3 Å². The number of hydrogen-bond acceptors (Lipinski definition) is 5. The molecule has 0 heterocycles. The van der Waals surface area contributed by atoms with Crippen molar-refractivity contribution in [3.05, 3.63) is 36.4 Å². The number of phenolic OH excluding ortho intramolecular Hbond substituents is 3. The van der Waals surface area contributed by atoms with Crippen LogP contribution >= 0.6 is 11.8 Å². The van der Waals surface area contributed by atoms with E-state index in [1.165, 1.54) is 23.9 Å². The maximum Gasteiger partial charge on any atom is 0.133 e.